The van der Waals surface area contributed by atoms with Crippen molar-refractivity contribution in [2.45, 2.75) is 20.4 Å². The van der Waals surface area contributed by atoms with Crippen molar-refractivity contribution in [3.63, 3.8) is 0 Å². The minimum atomic E-state index is -0.283. The summed E-state index contributed by atoms with van der Waals surface area (Å²) in [5.41, 5.74) is 6.05. The molecule has 1 amide bonds. The zero-order valence-corrected chi connectivity index (χ0v) is 16.4. The number of aryl methyl sites for hydroxylation is 2. The van der Waals surface area contributed by atoms with E-state index in [1.807, 2.05) is 56.3 Å². The fourth-order valence-corrected chi connectivity index (χ4v) is 3.41. The summed E-state index contributed by atoms with van der Waals surface area (Å²) in [7, 11) is 0. The van der Waals surface area contributed by atoms with Gasteiger partial charge < -0.3 is 5.32 Å². The van der Waals surface area contributed by atoms with E-state index in [1.165, 1.54) is 17.7 Å². The monoisotopic (exact) mass is 384 g/mol. The normalized spacial score (nSPS) is 10.9. The Morgan fingerprint density at radius 2 is 1.69 bits per heavy atom. The summed E-state index contributed by atoms with van der Waals surface area (Å²) in [5, 5.41) is 3.78. The van der Waals surface area contributed by atoms with Crippen LogP contribution in [0.5, 0.6) is 0 Å². The van der Waals surface area contributed by atoms with Crippen molar-refractivity contribution in [1.29, 1.82) is 0 Å². The first kappa shape index (κ1) is 18.8. The highest BCUT2D eigenvalue weighted by atomic mass is 19.1. The highest BCUT2D eigenvalue weighted by molar-refractivity contribution is 6.09. The summed E-state index contributed by atoms with van der Waals surface area (Å²) in [6.07, 6.45) is 0. The average molecular weight is 384 g/mol. The molecule has 0 aliphatic heterocycles. The molecular weight excluding hydrogens is 363 g/mol. The van der Waals surface area contributed by atoms with Gasteiger partial charge in [-0.3, -0.25) is 9.78 Å². The second-order valence-corrected chi connectivity index (χ2v) is 7.19. The number of para-hydroxylation sites is 1. The molecule has 1 aromatic heterocycles. The van der Waals surface area contributed by atoms with Crippen LogP contribution in [0, 0.1) is 19.7 Å². The Balaban J connectivity index is 1.71. The number of carbonyl (C=O) groups is 1. The smallest absolute Gasteiger partial charge is 0.252 e. The summed E-state index contributed by atoms with van der Waals surface area (Å²) in [6, 6.07) is 21.9. The van der Waals surface area contributed by atoms with E-state index in [1.54, 1.807) is 18.2 Å². The molecule has 0 atom stereocenters. The number of amides is 1. The number of fused-ring (bicyclic) bond motifs is 1. The maximum absolute atomic E-state index is 13.3. The van der Waals surface area contributed by atoms with Crippen LogP contribution in [-0.4, -0.2) is 10.9 Å². The van der Waals surface area contributed by atoms with Crippen molar-refractivity contribution in [1.82, 2.24) is 10.3 Å². The summed E-state index contributed by atoms with van der Waals surface area (Å²) in [4.78, 5) is 17.6. The first-order chi connectivity index (χ1) is 14.0. The van der Waals surface area contributed by atoms with Crippen molar-refractivity contribution >= 4 is 16.8 Å². The zero-order chi connectivity index (χ0) is 20.4. The Bertz CT molecular complexity index is 1180. The summed E-state index contributed by atoms with van der Waals surface area (Å²) in [5.74, 6) is -0.424. The zero-order valence-electron chi connectivity index (χ0n) is 16.4. The number of aromatic nitrogens is 1. The molecule has 0 bridgehead atoms. The molecule has 0 unspecified atom stereocenters. The molecule has 0 radical (unpaired) electrons. The standard InChI is InChI=1S/C25H21FN2O/c1-16-6-8-18(9-7-16)15-27-25(29)23-14-17(2)28-24-21(4-3-5-22(23)24)19-10-12-20(26)13-11-19/h3-14H,15H2,1-2H3,(H,27,29). The molecule has 0 spiro atoms. The Hall–Kier alpha value is -3.53. The van der Waals surface area contributed by atoms with Crippen LogP contribution in [-0.2, 0) is 6.54 Å². The van der Waals surface area contributed by atoms with Gasteiger partial charge in [-0.25, -0.2) is 4.39 Å². The average Bonchev–Trinajstić information content (AvgIpc) is 2.73. The first-order valence-corrected chi connectivity index (χ1v) is 9.51. The molecule has 0 saturated heterocycles. The molecule has 4 heteroatoms. The van der Waals surface area contributed by atoms with E-state index in [0.29, 0.717) is 12.1 Å². The highest BCUT2D eigenvalue weighted by Gasteiger charge is 2.15. The topological polar surface area (TPSA) is 42.0 Å². The third kappa shape index (κ3) is 4.02. The molecule has 144 valence electrons. The predicted octanol–water partition coefficient (Wildman–Crippen LogP) is 5.59. The molecule has 1 N–H and O–H groups in total. The van der Waals surface area contributed by atoms with Gasteiger partial charge in [0, 0.05) is 23.2 Å². The van der Waals surface area contributed by atoms with Crippen molar-refractivity contribution in [3.05, 3.63) is 101 Å². The summed E-state index contributed by atoms with van der Waals surface area (Å²) in [6.45, 7) is 4.37. The third-order valence-electron chi connectivity index (χ3n) is 4.94. The number of hydrogen-bond acceptors (Lipinski definition) is 2. The minimum Gasteiger partial charge on any atom is -0.348 e. The van der Waals surface area contributed by atoms with E-state index in [4.69, 9.17) is 0 Å². The fraction of sp³-hybridized carbons (Fsp3) is 0.120. The molecule has 3 nitrogen and oxygen atoms in total. The van der Waals surface area contributed by atoms with Gasteiger partial charge in [-0.05, 0) is 43.2 Å². The summed E-state index contributed by atoms with van der Waals surface area (Å²) < 4.78 is 13.3. The van der Waals surface area contributed by atoms with Crippen LogP contribution in [0.3, 0.4) is 0 Å². The van der Waals surface area contributed by atoms with Crippen LogP contribution < -0.4 is 5.32 Å². The second-order valence-electron chi connectivity index (χ2n) is 7.19. The van der Waals surface area contributed by atoms with Gasteiger partial charge in [-0.15, -0.1) is 0 Å². The molecule has 0 saturated carbocycles. The Morgan fingerprint density at radius 1 is 0.966 bits per heavy atom. The van der Waals surface area contributed by atoms with Crippen molar-refractivity contribution in [2.24, 2.45) is 0 Å². The van der Waals surface area contributed by atoms with Crippen LogP contribution in [0.15, 0.2) is 72.8 Å². The van der Waals surface area contributed by atoms with Crippen molar-refractivity contribution in [2.75, 3.05) is 0 Å². The van der Waals surface area contributed by atoms with Crippen molar-refractivity contribution in [3.8, 4) is 11.1 Å². The van der Waals surface area contributed by atoms with Gasteiger partial charge in [0.15, 0.2) is 0 Å². The SMILES string of the molecule is Cc1ccc(CNC(=O)c2cc(C)nc3c(-c4ccc(F)cc4)cccc23)cc1. The van der Waals surface area contributed by atoms with Crippen LogP contribution in [0.1, 0.15) is 27.2 Å². The minimum absolute atomic E-state index is 0.141. The Kier molecular flexibility index (Phi) is 5.09. The summed E-state index contributed by atoms with van der Waals surface area (Å²) >= 11 is 0. The number of nitrogens with one attached hydrogen (secondary N) is 1. The van der Waals surface area contributed by atoms with E-state index >= 15 is 0 Å². The predicted molar refractivity (Wildman–Crippen MR) is 114 cm³/mol. The van der Waals surface area contributed by atoms with Gasteiger partial charge in [0.25, 0.3) is 5.91 Å². The largest absolute Gasteiger partial charge is 0.348 e. The van der Waals surface area contributed by atoms with Crippen LogP contribution in [0.4, 0.5) is 4.39 Å². The Morgan fingerprint density at radius 3 is 2.41 bits per heavy atom. The van der Waals surface area contributed by atoms with E-state index in [-0.39, 0.29) is 11.7 Å². The molecule has 1 heterocycles. The maximum Gasteiger partial charge on any atom is 0.252 e. The van der Waals surface area contributed by atoms with Gasteiger partial charge in [0.05, 0.1) is 11.1 Å². The van der Waals surface area contributed by atoms with Crippen LogP contribution >= 0.6 is 0 Å². The molecule has 0 fully saturated rings. The molecule has 0 aliphatic rings. The molecule has 29 heavy (non-hydrogen) atoms. The van der Waals surface area contributed by atoms with Gasteiger partial charge in [0.2, 0.25) is 0 Å². The number of rotatable bonds is 4. The van der Waals surface area contributed by atoms with Crippen LogP contribution in [0.2, 0.25) is 0 Å². The lowest BCUT2D eigenvalue weighted by Gasteiger charge is -2.12. The fourth-order valence-electron chi connectivity index (χ4n) is 3.41. The number of benzene rings is 3. The lowest BCUT2D eigenvalue weighted by atomic mass is 9.98. The lowest BCUT2D eigenvalue weighted by Crippen LogP contribution is -2.23. The van der Waals surface area contributed by atoms with Crippen molar-refractivity contribution < 1.29 is 9.18 Å². The Labute approximate surface area is 169 Å². The highest BCUT2D eigenvalue weighted by Crippen LogP contribution is 2.29. The number of pyridine rings is 1. The third-order valence-corrected chi connectivity index (χ3v) is 4.94. The lowest BCUT2D eigenvalue weighted by molar-refractivity contribution is 0.0952. The molecule has 0 aliphatic carbocycles. The number of halogens is 1. The first-order valence-electron chi connectivity index (χ1n) is 9.51. The van der Waals surface area contributed by atoms with E-state index in [9.17, 15) is 9.18 Å². The molecule has 3 aromatic carbocycles. The number of carbonyl (C=O) groups excluding carboxylic acids is 1. The van der Waals surface area contributed by atoms with Gasteiger partial charge in [0.1, 0.15) is 5.82 Å². The van der Waals surface area contributed by atoms with E-state index < -0.39 is 0 Å². The van der Waals surface area contributed by atoms with Crippen LogP contribution in [0.25, 0.3) is 22.0 Å². The van der Waals surface area contributed by atoms with Gasteiger partial charge in [-0.1, -0.05) is 60.2 Å². The molecule has 4 rings (SSSR count). The van der Waals surface area contributed by atoms with Gasteiger partial charge in [-0.2, -0.15) is 0 Å². The van der Waals surface area contributed by atoms with E-state index in [2.05, 4.69) is 10.3 Å². The number of nitrogens with zero attached hydrogens (tertiary/aromatic N) is 1. The number of hydrogen-bond donors (Lipinski definition) is 1. The maximum atomic E-state index is 13.3. The van der Waals surface area contributed by atoms with E-state index in [0.717, 1.165) is 33.3 Å². The second kappa shape index (κ2) is 7.84. The quantitative estimate of drug-likeness (QED) is 0.498. The molecular formula is C25H21FN2O. The molecule has 4 aromatic rings. The van der Waals surface area contributed by atoms with Gasteiger partial charge >= 0.3 is 0 Å².